The molecule has 0 unspecified atom stereocenters. The van der Waals surface area contributed by atoms with Crippen molar-refractivity contribution in [2.24, 2.45) is 0 Å². The summed E-state index contributed by atoms with van der Waals surface area (Å²) in [6, 6.07) is 11.0. The molecule has 5 nitrogen and oxygen atoms in total. The molecule has 0 spiro atoms. The summed E-state index contributed by atoms with van der Waals surface area (Å²) in [6.45, 7) is 2.77. The maximum atomic E-state index is 12.2. The van der Waals surface area contributed by atoms with E-state index in [1.54, 1.807) is 18.1 Å². The molecule has 2 aromatic rings. The van der Waals surface area contributed by atoms with Crippen LogP contribution in [0.15, 0.2) is 45.7 Å². The molecule has 1 fully saturated rings. The summed E-state index contributed by atoms with van der Waals surface area (Å²) < 4.78 is 17.1. The van der Waals surface area contributed by atoms with Crippen LogP contribution in [0.2, 0.25) is 0 Å². The zero-order valence-corrected chi connectivity index (χ0v) is 15.5. The Balaban J connectivity index is 1.63. The standard InChI is InChI=1S/C18H17NO4S2/c1-3-19-17(20)16(25-18(19)24)10-14-8-9-15(23-14)11-22-13-6-4-12(21-2)5-7-13/h4-10H,3,11H2,1-2H3/b16-10+. The number of thiocarbonyl (C=S) groups is 1. The molecule has 1 aromatic carbocycles. The number of amides is 1. The van der Waals surface area contributed by atoms with E-state index < -0.39 is 0 Å². The van der Waals surface area contributed by atoms with Crippen LogP contribution in [0.5, 0.6) is 11.5 Å². The first-order valence-corrected chi connectivity index (χ1v) is 8.94. The number of ether oxygens (including phenoxy) is 2. The molecule has 1 aliphatic heterocycles. The van der Waals surface area contributed by atoms with Crippen LogP contribution < -0.4 is 9.47 Å². The fourth-order valence-electron chi connectivity index (χ4n) is 2.28. The van der Waals surface area contributed by atoms with E-state index in [2.05, 4.69) is 0 Å². The van der Waals surface area contributed by atoms with Crippen molar-refractivity contribution in [1.29, 1.82) is 0 Å². The summed E-state index contributed by atoms with van der Waals surface area (Å²) in [5.74, 6) is 2.70. The van der Waals surface area contributed by atoms with E-state index in [-0.39, 0.29) is 5.91 Å². The molecule has 1 aromatic heterocycles. The topological polar surface area (TPSA) is 51.9 Å². The van der Waals surface area contributed by atoms with Gasteiger partial charge in [-0.2, -0.15) is 0 Å². The van der Waals surface area contributed by atoms with Gasteiger partial charge in [0.25, 0.3) is 5.91 Å². The summed E-state index contributed by atoms with van der Waals surface area (Å²) in [5, 5.41) is 0. The summed E-state index contributed by atoms with van der Waals surface area (Å²) in [6.07, 6.45) is 1.71. The highest BCUT2D eigenvalue weighted by molar-refractivity contribution is 8.26. The number of benzene rings is 1. The second kappa shape index (κ2) is 7.76. The third-order valence-electron chi connectivity index (χ3n) is 3.59. The fourth-order valence-corrected chi connectivity index (χ4v) is 3.64. The summed E-state index contributed by atoms with van der Waals surface area (Å²) in [5.41, 5.74) is 0. The molecular weight excluding hydrogens is 358 g/mol. The van der Waals surface area contributed by atoms with Gasteiger partial charge in [0.05, 0.1) is 12.0 Å². The predicted octanol–water partition coefficient (Wildman–Crippen LogP) is 4.09. The normalized spacial score (nSPS) is 15.9. The number of furan rings is 1. The minimum Gasteiger partial charge on any atom is -0.497 e. The third-order valence-corrected chi connectivity index (χ3v) is 4.96. The van der Waals surface area contributed by atoms with E-state index in [0.717, 1.165) is 11.5 Å². The first-order valence-electron chi connectivity index (χ1n) is 7.71. The SMILES string of the molecule is CCN1C(=O)/C(=C\c2ccc(COc3ccc(OC)cc3)o2)SC1=S. The summed E-state index contributed by atoms with van der Waals surface area (Å²) in [4.78, 5) is 14.3. The highest BCUT2D eigenvalue weighted by Crippen LogP contribution is 2.32. The molecule has 0 bridgehead atoms. The summed E-state index contributed by atoms with van der Waals surface area (Å²) in [7, 11) is 1.62. The Morgan fingerprint density at radius 2 is 1.92 bits per heavy atom. The Labute approximate surface area is 155 Å². The number of nitrogens with zero attached hydrogens (tertiary/aromatic N) is 1. The third kappa shape index (κ3) is 4.05. The highest BCUT2D eigenvalue weighted by atomic mass is 32.2. The lowest BCUT2D eigenvalue weighted by atomic mass is 10.3. The second-order valence-corrected chi connectivity index (χ2v) is 6.87. The highest BCUT2D eigenvalue weighted by Gasteiger charge is 2.30. The van der Waals surface area contributed by atoms with E-state index in [1.807, 2.05) is 43.3 Å². The minimum atomic E-state index is -0.0788. The molecule has 1 aliphatic rings. The van der Waals surface area contributed by atoms with Crippen LogP contribution in [-0.2, 0) is 11.4 Å². The number of hydrogen-bond acceptors (Lipinski definition) is 6. The van der Waals surface area contributed by atoms with Crippen LogP contribution in [0, 0.1) is 0 Å². The quantitative estimate of drug-likeness (QED) is 0.560. The Bertz CT molecular complexity index is 811. The van der Waals surface area contributed by atoms with Crippen LogP contribution in [0.25, 0.3) is 6.08 Å². The average Bonchev–Trinajstić information content (AvgIpc) is 3.18. The van der Waals surface area contributed by atoms with Gasteiger partial charge in [-0.15, -0.1) is 0 Å². The molecule has 7 heteroatoms. The molecule has 1 saturated heterocycles. The average molecular weight is 375 g/mol. The van der Waals surface area contributed by atoms with Gasteiger partial charge < -0.3 is 13.9 Å². The van der Waals surface area contributed by atoms with Crippen LogP contribution in [0.1, 0.15) is 18.4 Å². The maximum Gasteiger partial charge on any atom is 0.266 e. The zero-order valence-electron chi connectivity index (χ0n) is 13.9. The van der Waals surface area contributed by atoms with Gasteiger partial charge >= 0.3 is 0 Å². The Kier molecular flexibility index (Phi) is 5.45. The molecule has 2 heterocycles. The first kappa shape index (κ1) is 17.6. The number of thioether (sulfide) groups is 1. The Morgan fingerprint density at radius 1 is 1.20 bits per heavy atom. The summed E-state index contributed by atoms with van der Waals surface area (Å²) >= 11 is 6.49. The molecular formula is C18H17NO4S2. The van der Waals surface area contributed by atoms with Crippen molar-refractivity contribution >= 4 is 40.3 Å². The van der Waals surface area contributed by atoms with E-state index in [1.165, 1.54) is 11.8 Å². The van der Waals surface area contributed by atoms with E-state index in [4.69, 9.17) is 26.1 Å². The van der Waals surface area contributed by atoms with Crippen LogP contribution in [0.3, 0.4) is 0 Å². The van der Waals surface area contributed by atoms with Gasteiger partial charge in [-0.1, -0.05) is 24.0 Å². The second-order valence-electron chi connectivity index (χ2n) is 5.19. The number of carbonyl (C=O) groups excluding carboxylic acids is 1. The number of hydrogen-bond donors (Lipinski definition) is 0. The number of methoxy groups -OCH3 is 1. The number of rotatable bonds is 6. The minimum absolute atomic E-state index is 0.0788. The molecule has 0 atom stereocenters. The van der Waals surface area contributed by atoms with Gasteiger partial charge in [0, 0.05) is 12.6 Å². The van der Waals surface area contributed by atoms with Crippen LogP contribution >= 0.6 is 24.0 Å². The van der Waals surface area contributed by atoms with E-state index in [9.17, 15) is 4.79 Å². The molecule has 130 valence electrons. The monoisotopic (exact) mass is 375 g/mol. The van der Waals surface area contributed by atoms with Crippen molar-refractivity contribution in [3.05, 3.63) is 52.8 Å². The Morgan fingerprint density at radius 3 is 2.56 bits per heavy atom. The first-order chi connectivity index (χ1) is 12.1. The van der Waals surface area contributed by atoms with Gasteiger partial charge in [-0.05, 0) is 43.3 Å². The zero-order chi connectivity index (χ0) is 17.8. The van der Waals surface area contributed by atoms with Gasteiger partial charge in [0.2, 0.25) is 0 Å². The lowest BCUT2D eigenvalue weighted by molar-refractivity contribution is -0.121. The molecule has 0 radical (unpaired) electrons. The van der Waals surface area contributed by atoms with Gasteiger partial charge in [-0.3, -0.25) is 9.69 Å². The van der Waals surface area contributed by atoms with Crippen molar-refractivity contribution in [1.82, 2.24) is 4.90 Å². The van der Waals surface area contributed by atoms with Crippen molar-refractivity contribution in [3.8, 4) is 11.5 Å². The predicted molar refractivity (Wildman–Crippen MR) is 102 cm³/mol. The van der Waals surface area contributed by atoms with Crippen LogP contribution in [0.4, 0.5) is 0 Å². The number of carbonyl (C=O) groups is 1. The molecule has 0 N–H and O–H groups in total. The molecule has 0 aliphatic carbocycles. The lowest BCUT2D eigenvalue weighted by Crippen LogP contribution is -2.27. The largest absolute Gasteiger partial charge is 0.497 e. The molecule has 25 heavy (non-hydrogen) atoms. The van der Waals surface area contributed by atoms with Gasteiger partial charge in [0.1, 0.15) is 33.9 Å². The van der Waals surface area contributed by atoms with Crippen molar-refractivity contribution in [2.45, 2.75) is 13.5 Å². The lowest BCUT2D eigenvalue weighted by Gasteiger charge is -2.09. The molecule has 3 rings (SSSR count). The van der Waals surface area contributed by atoms with Gasteiger partial charge in [-0.25, -0.2) is 0 Å². The van der Waals surface area contributed by atoms with Gasteiger partial charge in [0.15, 0.2) is 0 Å². The van der Waals surface area contributed by atoms with Crippen molar-refractivity contribution < 1.29 is 18.7 Å². The molecule has 1 amide bonds. The number of likely N-dealkylation sites (N-methyl/N-ethyl adjacent to an activating group) is 1. The molecule has 0 saturated carbocycles. The van der Waals surface area contributed by atoms with Crippen molar-refractivity contribution in [3.63, 3.8) is 0 Å². The van der Waals surface area contributed by atoms with E-state index >= 15 is 0 Å². The van der Waals surface area contributed by atoms with Crippen molar-refractivity contribution in [2.75, 3.05) is 13.7 Å². The van der Waals surface area contributed by atoms with E-state index in [0.29, 0.717) is 33.9 Å². The Hall–Kier alpha value is -2.25. The fraction of sp³-hybridized carbons (Fsp3) is 0.222. The smallest absolute Gasteiger partial charge is 0.266 e. The van der Waals surface area contributed by atoms with Crippen LogP contribution in [-0.4, -0.2) is 28.8 Å². The maximum absolute atomic E-state index is 12.2.